The van der Waals surface area contributed by atoms with Crippen LogP contribution in [0.3, 0.4) is 0 Å². The highest BCUT2D eigenvalue weighted by Gasteiger charge is 1.59. The Hall–Kier alpha value is 0.870. The van der Waals surface area contributed by atoms with E-state index in [4.69, 9.17) is 11.6 Å². The van der Waals surface area contributed by atoms with E-state index < -0.39 is 0 Å². The molecule has 0 rings (SSSR count). The van der Waals surface area contributed by atoms with E-state index in [1.807, 2.05) is 6.92 Å². The van der Waals surface area contributed by atoms with Crippen molar-refractivity contribution in [3.8, 4) is 0 Å². The first-order chi connectivity index (χ1) is 1.91. The maximum atomic E-state index is 5.19. The van der Waals surface area contributed by atoms with E-state index in [2.05, 4.69) is 0 Å². The lowest BCUT2D eigenvalue weighted by Crippen LogP contribution is -3.00. The molecule has 0 amide bonds. The summed E-state index contributed by atoms with van der Waals surface area (Å²) in [4.78, 5) is 0. The molecule has 6 heavy (non-hydrogen) atoms. The molecule has 0 spiro atoms. The van der Waals surface area contributed by atoms with Crippen LogP contribution in [-0.4, -0.2) is 5.88 Å². The highest BCUT2D eigenvalue weighted by Crippen LogP contribution is 1.75. The van der Waals surface area contributed by atoms with Crippen molar-refractivity contribution in [2.75, 3.05) is 5.88 Å². The predicted molar refractivity (Wildman–Crippen MR) is 21.0 cm³/mol. The van der Waals surface area contributed by atoms with Gasteiger partial charge in [-0.2, -0.15) is 0 Å². The van der Waals surface area contributed by atoms with Crippen LogP contribution in [0.25, 0.3) is 0 Å². The first-order valence-corrected chi connectivity index (χ1v) is 2.01. The van der Waals surface area contributed by atoms with Crippen molar-refractivity contribution < 1.29 is 24.8 Å². The Morgan fingerprint density at radius 2 is 1.50 bits per heavy atom. The molecule has 0 saturated carbocycles. The Morgan fingerprint density at radius 3 is 1.50 bits per heavy atom. The van der Waals surface area contributed by atoms with Crippen LogP contribution in [0.2, 0.25) is 0 Å². The van der Waals surface area contributed by atoms with Gasteiger partial charge in [0.1, 0.15) is 0 Å². The summed E-state index contributed by atoms with van der Waals surface area (Å²) in [5.74, 6) is 0.792. The Labute approximate surface area is 56.1 Å². The summed E-state index contributed by atoms with van der Waals surface area (Å²) in [5, 5.41) is 0. The van der Waals surface area contributed by atoms with E-state index >= 15 is 0 Å². The summed E-state index contributed by atoms with van der Waals surface area (Å²) < 4.78 is 0. The highest BCUT2D eigenvalue weighted by molar-refractivity contribution is 6.17. The topological polar surface area (TPSA) is 0 Å². The fourth-order valence-corrected chi connectivity index (χ4v) is 0. The third-order valence-electron chi connectivity index (χ3n) is 0.189. The van der Waals surface area contributed by atoms with Crippen LogP contribution in [0, 0.1) is 0 Å². The van der Waals surface area contributed by atoms with Gasteiger partial charge in [-0.25, -0.2) is 0 Å². The number of halogens is 3. The molecule has 0 N–H and O–H groups in total. The average Bonchev–Trinajstić information content (AvgIpc) is 1.37. The van der Waals surface area contributed by atoms with Crippen LogP contribution in [0.4, 0.5) is 0 Å². The molecule has 0 radical (unpaired) electrons. The van der Waals surface area contributed by atoms with Crippen molar-refractivity contribution in [1.82, 2.24) is 0 Å². The lowest BCUT2D eigenvalue weighted by Gasteiger charge is -1.65. The second-order valence-electron chi connectivity index (χ2n) is 0.689. The van der Waals surface area contributed by atoms with Crippen molar-refractivity contribution in [1.29, 1.82) is 0 Å². The fourth-order valence-electron chi connectivity index (χ4n) is 0. The van der Waals surface area contributed by atoms with Crippen LogP contribution in [0.15, 0.2) is 0 Å². The second-order valence-corrected chi connectivity index (χ2v) is 1.07. The van der Waals surface area contributed by atoms with Gasteiger partial charge in [-0.15, -0.1) is 11.6 Å². The van der Waals surface area contributed by atoms with Crippen molar-refractivity contribution in [2.45, 2.75) is 13.3 Å². The molecule has 0 aromatic rings. The Kier molecular flexibility index (Phi) is 44.5. The smallest absolute Gasteiger partial charge is 0.0220 e. The minimum absolute atomic E-state index is 0. The van der Waals surface area contributed by atoms with E-state index in [1.54, 1.807) is 0 Å². The molecular formula is C3H7Cl3-2. The standard InChI is InChI=1S/C3H7Cl.2ClH/c1-2-3-4;;/h2-3H2,1H3;2*1H/p-2. The second kappa shape index (κ2) is 16.9. The van der Waals surface area contributed by atoms with Gasteiger partial charge in [-0.05, 0) is 6.42 Å². The molecule has 0 aliphatic rings. The largest absolute Gasteiger partial charge is 1.00 e. The number of hydrogen-bond acceptors (Lipinski definition) is 0. The SMILES string of the molecule is CCCCl.[Cl-].[Cl-]. The van der Waals surface area contributed by atoms with Gasteiger partial charge in [-0.1, -0.05) is 6.92 Å². The van der Waals surface area contributed by atoms with Gasteiger partial charge >= 0.3 is 0 Å². The van der Waals surface area contributed by atoms with Gasteiger partial charge in [0.15, 0.2) is 0 Å². The molecule has 0 aromatic carbocycles. The minimum atomic E-state index is 0. The molecule has 42 valence electrons. The van der Waals surface area contributed by atoms with Crippen molar-refractivity contribution in [3.63, 3.8) is 0 Å². The maximum Gasteiger partial charge on any atom is 0.0220 e. The van der Waals surface area contributed by atoms with Gasteiger partial charge in [-0.3, -0.25) is 0 Å². The lowest BCUT2D eigenvalue weighted by atomic mass is 10.6. The molecule has 0 unspecified atom stereocenters. The molecule has 0 nitrogen and oxygen atoms in total. The summed E-state index contributed by atoms with van der Waals surface area (Å²) in [5.41, 5.74) is 0. The molecule has 0 bridgehead atoms. The van der Waals surface area contributed by atoms with E-state index in [9.17, 15) is 0 Å². The molecule has 0 aliphatic heterocycles. The number of rotatable bonds is 1. The molecule has 0 atom stereocenters. The number of hydrogen-bond donors (Lipinski definition) is 0. The quantitative estimate of drug-likeness (QED) is 0.331. The van der Waals surface area contributed by atoms with Gasteiger partial charge in [0.05, 0.1) is 0 Å². The predicted octanol–water partition coefficient (Wildman–Crippen LogP) is -4.36. The number of alkyl halides is 1. The zero-order valence-corrected chi connectivity index (χ0v) is 5.82. The normalized spacial score (nSPS) is 5.00. The van der Waals surface area contributed by atoms with E-state index in [0.29, 0.717) is 0 Å². The van der Waals surface area contributed by atoms with Gasteiger partial charge in [0, 0.05) is 5.88 Å². The van der Waals surface area contributed by atoms with Crippen LogP contribution in [0.5, 0.6) is 0 Å². The third kappa shape index (κ3) is 20.9. The summed E-state index contributed by atoms with van der Waals surface area (Å²) in [6.45, 7) is 2.05. The molecule has 0 heterocycles. The van der Waals surface area contributed by atoms with Crippen LogP contribution in [0.1, 0.15) is 13.3 Å². The van der Waals surface area contributed by atoms with Crippen molar-refractivity contribution >= 4 is 11.6 Å². The maximum absolute atomic E-state index is 5.19. The van der Waals surface area contributed by atoms with Crippen LogP contribution in [-0.2, 0) is 0 Å². The van der Waals surface area contributed by atoms with E-state index in [0.717, 1.165) is 12.3 Å². The molecule has 0 aliphatic carbocycles. The van der Waals surface area contributed by atoms with Gasteiger partial charge in [0.2, 0.25) is 0 Å². The molecular weight excluding hydrogens is 142 g/mol. The van der Waals surface area contributed by atoms with E-state index in [1.165, 1.54) is 0 Å². The Balaban J connectivity index is -0.0000000450. The summed E-state index contributed by atoms with van der Waals surface area (Å²) in [6.07, 6.45) is 1.08. The zero-order valence-electron chi connectivity index (χ0n) is 3.55. The minimum Gasteiger partial charge on any atom is -1.00 e. The van der Waals surface area contributed by atoms with Gasteiger partial charge < -0.3 is 24.8 Å². The fraction of sp³-hybridized carbons (Fsp3) is 1.00. The first-order valence-electron chi connectivity index (χ1n) is 1.47. The summed E-state index contributed by atoms with van der Waals surface area (Å²) in [6, 6.07) is 0. The molecule has 0 saturated heterocycles. The third-order valence-corrected chi connectivity index (χ3v) is 0.567. The van der Waals surface area contributed by atoms with Crippen LogP contribution >= 0.6 is 11.6 Å². The first kappa shape index (κ1) is 15.8. The summed E-state index contributed by atoms with van der Waals surface area (Å²) >= 11 is 5.19. The van der Waals surface area contributed by atoms with Crippen molar-refractivity contribution in [3.05, 3.63) is 0 Å². The lowest BCUT2D eigenvalue weighted by molar-refractivity contribution is -0.00100. The molecule has 3 heteroatoms. The summed E-state index contributed by atoms with van der Waals surface area (Å²) in [7, 11) is 0. The average molecular weight is 149 g/mol. The van der Waals surface area contributed by atoms with Crippen LogP contribution < -0.4 is 24.8 Å². The zero-order chi connectivity index (χ0) is 3.41. The van der Waals surface area contributed by atoms with Gasteiger partial charge in [0.25, 0.3) is 0 Å². The Morgan fingerprint density at radius 1 is 1.33 bits per heavy atom. The van der Waals surface area contributed by atoms with E-state index in [-0.39, 0.29) is 24.8 Å². The monoisotopic (exact) mass is 148 g/mol. The highest BCUT2D eigenvalue weighted by atomic mass is 35.5. The molecule has 0 fully saturated rings. The molecule has 0 aromatic heterocycles. The van der Waals surface area contributed by atoms with Crippen molar-refractivity contribution in [2.24, 2.45) is 0 Å². The Bertz CT molecular complexity index is 8.00.